The number of hydrogen-bond acceptors (Lipinski definition) is 4. The first-order valence-electron chi connectivity index (χ1n) is 6.90. The molecule has 2 heterocycles. The summed E-state index contributed by atoms with van der Waals surface area (Å²) in [7, 11) is 1.65. The van der Waals surface area contributed by atoms with E-state index < -0.39 is 0 Å². The standard InChI is InChI=1S/C16H21N3O/c1-4-7-18-15(13-9-12(2)10-17-11-13)14-6-5-8-19-16(14)20-3/h5-6,8-11,15,18H,4,7H2,1-3H3. The highest BCUT2D eigenvalue weighted by Crippen LogP contribution is 2.28. The molecule has 0 radical (unpaired) electrons. The fourth-order valence-electron chi connectivity index (χ4n) is 2.23. The third-order valence-electron chi connectivity index (χ3n) is 3.13. The first-order valence-corrected chi connectivity index (χ1v) is 6.90. The molecule has 106 valence electrons. The van der Waals surface area contributed by atoms with Crippen molar-refractivity contribution in [2.24, 2.45) is 0 Å². The van der Waals surface area contributed by atoms with Crippen LogP contribution in [0.3, 0.4) is 0 Å². The van der Waals surface area contributed by atoms with Gasteiger partial charge in [-0.25, -0.2) is 4.98 Å². The molecular formula is C16H21N3O. The van der Waals surface area contributed by atoms with E-state index in [-0.39, 0.29) is 6.04 Å². The molecule has 0 saturated heterocycles. The van der Waals surface area contributed by atoms with E-state index in [0.717, 1.165) is 29.7 Å². The Labute approximate surface area is 120 Å². The summed E-state index contributed by atoms with van der Waals surface area (Å²) in [5.41, 5.74) is 3.31. The first kappa shape index (κ1) is 14.5. The van der Waals surface area contributed by atoms with Gasteiger partial charge >= 0.3 is 0 Å². The predicted molar refractivity (Wildman–Crippen MR) is 79.9 cm³/mol. The second-order valence-electron chi connectivity index (χ2n) is 4.78. The van der Waals surface area contributed by atoms with Crippen molar-refractivity contribution in [2.45, 2.75) is 26.3 Å². The van der Waals surface area contributed by atoms with Crippen LogP contribution in [0.5, 0.6) is 5.88 Å². The fraction of sp³-hybridized carbons (Fsp3) is 0.375. The van der Waals surface area contributed by atoms with Gasteiger partial charge < -0.3 is 10.1 Å². The molecule has 0 aliphatic rings. The zero-order valence-corrected chi connectivity index (χ0v) is 12.3. The van der Waals surface area contributed by atoms with Gasteiger partial charge in [0, 0.05) is 24.2 Å². The average Bonchev–Trinajstić information content (AvgIpc) is 2.48. The monoisotopic (exact) mass is 271 g/mol. The van der Waals surface area contributed by atoms with E-state index in [1.807, 2.05) is 31.5 Å². The maximum atomic E-state index is 5.39. The van der Waals surface area contributed by atoms with Gasteiger partial charge in [-0.3, -0.25) is 4.98 Å². The second kappa shape index (κ2) is 7.01. The zero-order valence-electron chi connectivity index (χ0n) is 12.3. The van der Waals surface area contributed by atoms with Crippen molar-refractivity contribution in [3.63, 3.8) is 0 Å². The summed E-state index contributed by atoms with van der Waals surface area (Å²) < 4.78 is 5.39. The molecule has 20 heavy (non-hydrogen) atoms. The lowest BCUT2D eigenvalue weighted by Crippen LogP contribution is -2.24. The Bertz CT molecular complexity index is 557. The van der Waals surface area contributed by atoms with Gasteiger partial charge in [0.25, 0.3) is 0 Å². The van der Waals surface area contributed by atoms with Crippen molar-refractivity contribution < 1.29 is 4.74 Å². The van der Waals surface area contributed by atoms with Crippen LogP contribution in [0.25, 0.3) is 0 Å². The minimum atomic E-state index is 0.0472. The van der Waals surface area contributed by atoms with Gasteiger partial charge in [-0.2, -0.15) is 0 Å². The number of aromatic nitrogens is 2. The molecule has 4 nitrogen and oxygen atoms in total. The quantitative estimate of drug-likeness (QED) is 0.877. The number of rotatable bonds is 6. The third-order valence-corrected chi connectivity index (χ3v) is 3.13. The molecule has 2 aromatic rings. The smallest absolute Gasteiger partial charge is 0.218 e. The normalized spacial score (nSPS) is 12.2. The molecule has 0 aliphatic carbocycles. The fourth-order valence-corrected chi connectivity index (χ4v) is 2.23. The Kier molecular flexibility index (Phi) is 5.07. The minimum absolute atomic E-state index is 0.0472. The van der Waals surface area contributed by atoms with Crippen molar-refractivity contribution in [1.82, 2.24) is 15.3 Å². The van der Waals surface area contributed by atoms with E-state index in [0.29, 0.717) is 5.88 Å². The Hall–Kier alpha value is -1.94. The number of methoxy groups -OCH3 is 1. The highest BCUT2D eigenvalue weighted by atomic mass is 16.5. The number of nitrogens with zero attached hydrogens (tertiary/aromatic N) is 2. The summed E-state index contributed by atoms with van der Waals surface area (Å²) in [5, 5.41) is 3.54. The van der Waals surface area contributed by atoms with Gasteiger partial charge in [-0.15, -0.1) is 0 Å². The molecule has 0 spiro atoms. The summed E-state index contributed by atoms with van der Waals surface area (Å²) in [6, 6.07) is 6.17. The molecule has 0 bridgehead atoms. The van der Waals surface area contributed by atoms with Crippen LogP contribution in [-0.4, -0.2) is 23.6 Å². The lowest BCUT2D eigenvalue weighted by atomic mass is 10.00. The van der Waals surface area contributed by atoms with Gasteiger partial charge in [0.2, 0.25) is 5.88 Å². The lowest BCUT2D eigenvalue weighted by molar-refractivity contribution is 0.387. The molecule has 0 amide bonds. The van der Waals surface area contributed by atoms with Gasteiger partial charge in [0.05, 0.1) is 13.2 Å². The minimum Gasteiger partial charge on any atom is -0.481 e. The number of ether oxygens (including phenoxy) is 1. The number of aryl methyl sites for hydroxylation is 1. The van der Waals surface area contributed by atoms with Gasteiger partial charge in [0.15, 0.2) is 0 Å². The highest BCUT2D eigenvalue weighted by Gasteiger charge is 2.18. The molecule has 0 fully saturated rings. The second-order valence-corrected chi connectivity index (χ2v) is 4.78. The van der Waals surface area contributed by atoms with E-state index in [9.17, 15) is 0 Å². The maximum Gasteiger partial charge on any atom is 0.218 e. The third kappa shape index (κ3) is 3.33. The maximum absolute atomic E-state index is 5.39. The van der Waals surface area contributed by atoms with Crippen LogP contribution in [0.15, 0.2) is 36.8 Å². The van der Waals surface area contributed by atoms with E-state index in [1.54, 1.807) is 13.3 Å². The Morgan fingerprint density at radius 2 is 2.20 bits per heavy atom. The van der Waals surface area contributed by atoms with Crippen LogP contribution >= 0.6 is 0 Å². The van der Waals surface area contributed by atoms with Crippen LogP contribution < -0.4 is 10.1 Å². The topological polar surface area (TPSA) is 47.0 Å². The summed E-state index contributed by atoms with van der Waals surface area (Å²) in [6.45, 7) is 5.13. The van der Waals surface area contributed by atoms with Crippen molar-refractivity contribution in [2.75, 3.05) is 13.7 Å². The molecule has 1 atom stereocenters. The van der Waals surface area contributed by atoms with Crippen molar-refractivity contribution >= 4 is 0 Å². The van der Waals surface area contributed by atoms with Crippen molar-refractivity contribution in [3.05, 3.63) is 53.5 Å². The number of nitrogens with one attached hydrogen (secondary N) is 1. The van der Waals surface area contributed by atoms with E-state index >= 15 is 0 Å². The highest BCUT2D eigenvalue weighted by molar-refractivity contribution is 5.37. The molecule has 1 N–H and O–H groups in total. The SMILES string of the molecule is CCCNC(c1cncc(C)c1)c1cccnc1OC. The van der Waals surface area contributed by atoms with Crippen molar-refractivity contribution in [1.29, 1.82) is 0 Å². The van der Waals surface area contributed by atoms with Crippen LogP contribution in [0.1, 0.15) is 36.1 Å². The van der Waals surface area contributed by atoms with Gasteiger partial charge in [-0.05, 0) is 37.1 Å². The molecule has 0 saturated carbocycles. The molecule has 0 aromatic carbocycles. The first-order chi connectivity index (χ1) is 9.76. The van der Waals surface area contributed by atoms with Crippen LogP contribution in [0.4, 0.5) is 0 Å². The van der Waals surface area contributed by atoms with Gasteiger partial charge in [0.1, 0.15) is 0 Å². The Morgan fingerprint density at radius 3 is 2.90 bits per heavy atom. The predicted octanol–water partition coefficient (Wildman–Crippen LogP) is 2.88. The van der Waals surface area contributed by atoms with Crippen LogP contribution in [0.2, 0.25) is 0 Å². The summed E-state index contributed by atoms with van der Waals surface area (Å²) >= 11 is 0. The summed E-state index contributed by atoms with van der Waals surface area (Å²) in [4.78, 5) is 8.58. The number of pyridine rings is 2. The van der Waals surface area contributed by atoms with E-state index in [4.69, 9.17) is 4.74 Å². The van der Waals surface area contributed by atoms with E-state index in [1.165, 1.54) is 0 Å². The molecule has 0 aliphatic heterocycles. The lowest BCUT2D eigenvalue weighted by Gasteiger charge is -2.21. The molecule has 1 unspecified atom stereocenters. The summed E-state index contributed by atoms with van der Waals surface area (Å²) in [6.07, 6.45) is 6.57. The summed E-state index contributed by atoms with van der Waals surface area (Å²) in [5.74, 6) is 0.655. The van der Waals surface area contributed by atoms with Gasteiger partial charge in [-0.1, -0.05) is 19.1 Å². The molecule has 2 aromatic heterocycles. The van der Waals surface area contributed by atoms with Crippen LogP contribution in [-0.2, 0) is 0 Å². The largest absolute Gasteiger partial charge is 0.481 e. The average molecular weight is 271 g/mol. The van der Waals surface area contributed by atoms with E-state index in [2.05, 4.69) is 28.3 Å². The number of hydrogen-bond donors (Lipinski definition) is 1. The Balaban J connectivity index is 2.41. The van der Waals surface area contributed by atoms with Crippen molar-refractivity contribution in [3.8, 4) is 5.88 Å². The zero-order chi connectivity index (χ0) is 14.4. The molecule has 4 heteroatoms. The molecular weight excluding hydrogens is 250 g/mol. The van der Waals surface area contributed by atoms with Crippen LogP contribution in [0, 0.1) is 6.92 Å². The molecule has 2 rings (SSSR count). The Morgan fingerprint density at radius 1 is 1.35 bits per heavy atom.